The molecule has 116 valence electrons. The van der Waals surface area contributed by atoms with Crippen LogP contribution in [0.2, 0.25) is 5.02 Å². The highest BCUT2D eigenvalue weighted by Crippen LogP contribution is 2.32. The highest BCUT2D eigenvalue weighted by molar-refractivity contribution is 6.31. The molecule has 1 heterocycles. The SMILES string of the molecule is CCCNCC(C)(CCC)Cc1c(Cl)c(C)nn1CC. The van der Waals surface area contributed by atoms with Gasteiger partial charge in [0.25, 0.3) is 0 Å². The molecule has 0 radical (unpaired) electrons. The van der Waals surface area contributed by atoms with Gasteiger partial charge in [-0.1, -0.05) is 38.8 Å². The molecule has 0 bridgehead atoms. The first-order valence-corrected chi connectivity index (χ1v) is 8.27. The summed E-state index contributed by atoms with van der Waals surface area (Å²) in [5.41, 5.74) is 2.39. The van der Waals surface area contributed by atoms with E-state index in [1.54, 1.807) is 0 Å². The lowest BCUT2D eigenvalue weighted by atomic mass is 9.81. The van der Waals surface area contributed by atoms with E-state index in [-0.39, 0.29) is 5.41 Å². The molecule has 1 aromatic rings. The zero-order valence-corrected chi connectivity index (χ0v) is 14.5. The molecule has 0 aliphatic carbocycles. The molecule has 1 unspecified atom stereocenters. The molecule has 0 aliphatic heterocycles. The van der Waals surface area contributed by atoms with Crippen molar-refractivity contribution in [3.8, 4) is 0 Å². The molecule has 0 amide bonds. The lowest BCUT2D eigenvalue weighted by Gasteiger charge is -2.30. The quantitative estimate of drug-likeness (QED) is 0.692. The Morgan fingerprint density at radius 3 is 2.50 bits per heavy atom. The summed E-state index contributed by atoms with van der Waals surface area (Å²) in [6.45, 7) is 13.9. The number of nitrogens with zero attached hydrogens (tertiary/aromatic N) is 2. The van der Waals surface area contributed by atoms with Crippen molar-refractivity contribution < 1.29 is 0 Å². The average molecular weight is 300 g/mol. The number of hydrogen-bond donors (Lipinski definition) is 1. The summed E-state index contributed by atoms with van der Waals surface area (Å²) in [5.74, 6) is 0. The summed E-state index contributed by atoms with van der Waals surface area (Å²) in [6.07, 6.45) is 4.56. The van der Waals surface area contributed by atoms with Crippen LogP contribution in [0.1, 0.15) is 58.3 Å². The molecular weight excluding hydrogens is 270 g/mol. The third-order valence-electron chi connectivity index (χ3n) is 3.88. The number of aromatic nitrogens is 2. The Morgan fingerprint density at radius 2 is 1.95 bits per heavy atom. The number of rotatable bonds is 9. The van der Waals surface area contributed by atoms with Gasteiger partial charge in [-0.15, -0.1) is 0 Å². The van der Waals surface area contributed by atoms with Crippen LogP contribution in [0.25, 0.3) is 0 Å². The van der Waals surface area contributed by atoms with Crippen LogP contribution in [0.15, 0.2) is 0 Å². The first-order valence-electron chi connectivity index (χ1n) is 7.90. The monoisotopic (exact) mass is 299 g/mol. The second-order valence-electron chi connectivity index (χ2n) is 6.08. The summed E-state index contributed by atoms with van der Waals surface area (Å²) in [7, 11) is 0. The number of aryl methyl sites for hydroxylation is 2. The fourth-order valence-corrected chi connectivity index (χ4v) is 3.05. The van der Waals surface area contributed by atoms with Crippen molar-refractivity contribution in [1.82, 2.24) is 15.1 Å². The first-order chi connectivity index (χ1) is 9.47. The molecule has 0 spiro atoms. The van der Waals surface area contributed by atoms with Crippen LogP contribution in [-0.2, 0) is 13.0 Å². The molecular formula is C16H30ClN3. The van der Waals surface area contributed by atoms with Crippen LogP contribution in [0.4, 0.5) is 0 Å². The molecule has 1 aromatic heterocycles. The van der Waals surface area contributed by atoms with Crippen LogP contribution in [0, 0.1) is 12.3 Å². The minimum absolute atomic E-state index is 0.243. The fourth-order valence-electron chi connectivity index (χ4n) is 2.85. The van der Waals surface area contributed by atoms with Gasteiger partial charge >= 0.3 is 0 Å². The predicted octanol–water partition coefficient (Wildman–Crippen LogP) is 4.21. The van der Waals surface area contributed by atoms with Crippen LogP contribution in [-0.4, -0.2) is 22.9 Å². The van der Waals surface area contributed by atoms with Gasteiger partial charge in [-0.3, -0.25) is 4.68 Å². The normalized spacial score (nSPS) is 14.5. The number of halogens is 1. The van der Waals surface area contributed by atoms with Crippen molar-refractivity contribution in [3.63, 3.8) is 0 Å². The van der Waals surface area contributed by atoms with E-state index in [1.807, 2.05) is 6.92 Å². The average Bonchev–Trinajstić information content (AvgIpc) is 2.67. The van der Waals surface area contributed by atoms with Gasteiger partial charge in [-0.25, -0.2) is 0 Å². The number of nitrogens with one attached hydrogen (secondary N) is 1. The van der Waals surface area contributed by atoms with E-state index >= 15 is 0 Å². The molecule has 4 heteroatoms. The van der Waals surface area contributed by atoms with E-state index in [2.05, 4.69) is 42.8 Å². The lowest BCUT2D eigenvalue weighted by molar-refractivity contribution is 0.269. The Bertz CT molecular complexity index is 414. The van der Waals surface area contributed by atoms with E-state index in [9.17, 15) is 0 Å². The highest BCUT2D eigenvalue weighted by Gasteiger charge is 2.27. The summed E-state index contributed by atoms with van der Waals surface area (Å²) in [4.78, 5) is 0. The molecule has 0 saturated carbocycles. The van der Waals surface area contributed by atoms with Gasteiger partial charge in [0.05, 0.1) is 16.4 Å². The standard InChI is InChI=1S/C16H30ClN3/c1-6-9-16(5,12-18-10-7-2)11-14-15(17)13(4)19-20(14)8-3/h18H,6-12H2,1-5H3. The zero-order valence-electron chi connectivity index (χ0n) is 13.7. The van der Waals surface area contributed by atoms with Crippen molar-refractivity contribution in [1.29, 1.82) is 0 Å². The molecule has 0 saturated heterocycles. The number of hydrogen-bond acceptors (Lipinski definition) is 2. The van der Waals surface area contributed by atoms with Crippen molar-refractivity contribution >= 4 is 11.6 Å². The van der Waals surface area contributed by atoms with E-state index in [1.165, 1.54) is 25.0 Å². The van der Waals surface area contributed by atoms with E-state index in [0.29, 0.717) is 0 Å². The van der Waals surface area contributed by atoms with Gasteiger partial charge in [-0.2, -0.15) is 5.10 Å². The van der Waals surface area contributed by atoms with Crippen LogP contribution >= 0.6 is 11.6 Å². The van der Waals surface area contributed by atoms with E-state index in [4.69, 9.17) is 11.6 Å². The largest absolute Gasteiger partial charge is 0.316 e. The summed E-state index contributed by atoms with van der Waals surface area (Å²) >= 11 is 6.46. The van der Waals surface area contributed by atoms with Gasteiger partial charge < -0.3 is 5.32 Å². The highest BCUT2D eigenvalue weighted by atomic mass is 35.5. The van der Waals surface area contributed by atoms with Crippen molar-refractivity contribution in [2.45, 2.75) is 66.8 Å². The fraction of sp³-hybridized carbons (Fsp3) is 0.812. The van der Waals surface area contributed by atoms with Crippen molar-refractivity contribution in [2.24, 2.45) is 5.41 Å². The lowest BCUT2D eigenvalue weighted by Crippen LogP contribution is -2.34. The molecule has 3 nitrogen and oxygen atoms in total. The van der Waals surface area contributed by atoms with E-state index < -0.39 is 0 Å². The first kappa shape index (κ1) is 17.5. The Kier molecular flexibility index (Phi) is 7.04. The molecule has 1 N–H and O–H groups in total. The topological polar surface area (TPSA) is 29.9 Å². The third-order valence-corrected chi connectivity index (χ3v) is 4.37. The summed E-state index contributed by atoms with van der Waals surface area (Å²) in [5, 5.41) is 8.96. The van der Waals surface area contributed by atoms with Crippen molar-refractivity contribution in [2.75, 3.05) is 13.1 Å². The molecule has 1 rings (SSSR count). The van der Waals surface area contributed by atoms with E-state index in [0.717, 1.165) is 36.8 Å². The van der Waals surface area contributed by atoms with Gasteiger partial charge in [0.15, 0.2) is 0 Å². The van der Waals surface area contributed by atoms with Gasteiger partial charge in [0.2, 0.25) is 0 Å². The summed E-state index contributed by atoms with van der Waals surface area (Å²) in [6, 6.07) is 0. The van der Waals surface area contributed by atoms with Crippen LogP contribution in [0.3, 0.4) is 0 Å². The molecule has 0 fully saturated rings. The minimum atomic E-state index is 0.243. The Morgan fingerprint density at radius 1 is 1.25 bits per heavy atom. The summed E-state index contributed by atoms with van der Waals surface area (Å²) < 4.78 is 2.06. The van der Waals surface area contributed by atoms with Crippen molar-refractivity contribution in [3.05, 3.63) is 16.4 Å². The third kappa shape index (κ3) is 4.49. The second kappa shape index (κ2) is 8.04. The molecule has 20 heavy (non-hydrogen) atoms. The minimum Gasteiger partial charge on any atom is -0.316 e. The smallest absolute Gasteiger partial charge is 0.0847 e. The van der Waals surface area contributed by atoms with Gasteiger partial charge in [0.1, 0.15) is 0 Å². The molecule has 0 aliphatic rings. The van der Waals surface area contributed by atoms with Crippen LogP contribution < -0.4 is 5.32 Å². The van der Waals surface area contributed by atoms with Gasteiger partial charge in [-0.05, 0) is 45.1 Å². The Hall–Kier alpha value is -0.540. The van der Waals surface area contributed by atoms with Crippen LogP contribution in [0.5, 0.6) is 0 Å². The Balaban J connectivity index is 2.89. The zero-order chi connectivity index (χ0) is 15.2. The maximum Gasteiger partial charge on any atom is 0.0847 e. The molecule has 1 atom stereocenters. The molecule has 0 aromatic carbocycles. The van der Waals surface area contributed by atoms with Gasteiger partial charge in [0, 0.05) is 13.1 Å². The maximum atomic E-state index is 6.46. The Labute approximate surface area is 129 Å². The predicted molar refractivity (Wildman–Crippen MR) is 87.5 cm³/mol. The second-order valence-corrected chi connectivity index (χ2v) is 6.45. The maximum absolute atomic E-state index is 6.46.